The zero-order chi connectivity index (χ0) is 9.84. The van der Waals surface area contributed by atoms with Crippen LogP contribution in [0.1, 0.15) is 13.3 Å². The van der Waals surface area contributed by atoms with Gasteiger partial charge in [-0.1, -0.05) is 15.9 Å². The number of carbonyl (C=O) groups excluding carboxylic acids is 1. The van der Waals surface area contributed by atoms with E-state index < -0.39 is 0 Å². The quantitative estimate of drug-likeness (QED) is 0.446. The van der Waals surface area contributed by atoms with Gasteiger partial charge in [-0.2, -0.15) is 0 Å². The van der Waals surface area contributed by atoms with Crippen molar-refractivity contribution in [3.8, 4) is 0 Å². The van der Waals surface area contributed by atoms with E-state index in [1.54, 1.807) is 6.92 Å². The summed E-state index contributed by atoms with van der Waals surface area (Å²) in [6.45, 7) is 2.78. The Morgan fingerprint density at radius 3 is 2.92 bits per heavy atom. The fraction of sp³-hybridized carbons (Fsp3) is 0.625. The molecule has 1 heterocycles. The summed E-state index contributed by atoms with van der Waals surface area (Å²) in [7, 11) is 0. The molecule has 0 spiro atoms. The lowest BCUT2D eigenvalue weighted by atomic mass is 10.3. The third kappa shape index (κ3) is 2.71. The van der Waals surface area contributed by atoms with E-state index in [9.17, 15) is 4.79 Å². The molecule has 0 aromatic heterocycles. The van der Waals surface area contributed by atoms with Crippen LogP contribution in [-0.4, -0.2) is 24.0 Å². The summed E-state index contributed by atoms with van der Waals surface area (Å²) in [5.41, 5.74) is 0. The summed E-state index contributed by atoms with van der Waals surface area (Å²) < 4.78 is 10.5. The van der Waals surface area contributed by atoms with Gasteiger partial charge in [0.1, 0.15) is 10.2 Å². The van der Waals surface area contributed by atoms with E-state index in [1.807, 2.05) is 0 Å². The van der Waals surface area contributed by atoms with Gasteiger partial charge in [0.15, 0.2) is 0 Å². The molecule has 0 aromatic rings. The fourth-order valence-electron chi connectivity index (χ4n) is 0.990. The first-order valence-electron chi connectivity index (χ1n) is 4.00. The minimum atomic E-state index is -0.371. The molecule has 0 aliphatic carbocycles. The summed E-state index contributed by atoms with van der Waals surface area (Å²) in [5, 5.41) is 0. The molecule has 5 heteroatoms. The molecule has 1 rings (SSSR count). The summed E-state index contributed by atoms with van der Waals surface area (Å²) >= 11 is 6.57. The Morgan fingerprint density at radius 1 is 1.77 bits per heavy atom. The average molecular weight is 314 g/mol. The molecule has 1 atom stereocenters. The molecular formula is C8H10Br2O3. The SMILES string of the molecule is CCOC(=O)/C(Br)=C1/OCCC1Br. The van der Waals surface area contributed by atoms with Gasteiger partial charge in [-0.3, -0.25) is 0 Å². The number of carbonyl (C=O) groups is 1. The Kier molecular flexibility index (Phi) is 4.25. The van der Waals surface area contributed by atoms with Gasteiger partial charge in [0.05, 0.1) is 18.0 Å². The van der Waals surface area contributed by atoms with Gasteiger partial charge in [-0.25, -0.2) is 4.79 Å². The zero-order valence-electron chi connectivity index (χ0n) is 7.18. The van der Waals surface area contributed by atoms with E-state index in [-0.39, 0.29) is 10.8 Å². The van der Waals surface area contributed by atoms with Crippen LogP contribution in [0.3, 0.4) is 0 Å². The largest absolute Gasteiger partial charge is 0.495 e. The van der Waals surface area contributed by atoms with Crippen molar-refractivity contribution in [1.82, 2.24) is 0 Å². The van der Waals surface area contributed by atoms with E-state index in [1.165, 1.54) is 0 Å². The van der Waals surface area contributed by atoms with E-state index in [2.05, 4.69) is 31.9 Å². The van der Waals surface area contributed by atoms with E-state index >= 15 is 0 Å². The van der Waals surface area contributed by atoms with Crippen LogP contribution in [0.4, 0.5) is 0 Å². The normalized spacial score (nSPS) is 25.3. The van der Waals surface area contributed by atoms with Crippen LogP contribution in [0.25, 0.3) is 0 Å². The van der Waals surface area contributed by atoms with Crippen molar-refractivity contribution in [3.05, 3.63) is 10.2 Å². The molecule has 0 saturated carbocycles. The minimum absolute atomic E-state index is 0.117. The molecule has 0 bridgehead atoms. The fourth-order valence-corrected chi connectivity index (χ4v) is 2.35. The van der Waals surface area contributed by atoms with Crippen molar-refractivity contribution in [2.24, 2.45) is 0 Å². The van der Waals surface area contributed by atoms with Crippen molar-refractivity contribution in [1.29, 1.82) is 0 Å². The van der Waals surface area contributed by atoms with Crippen molar-refractivity contribution in [2.75, 3.05) is 13.2 Å². The highest BCUT2D eigenvalue weighted by Crippen LogP contribution is 2.30. The molecule has 1 saturated heterocycles. The van der Waals surface area contributed by atoms with Crippen LogP contribution >= 0.6 is 31.9 Å². The predicted molar refractivity (Wildman–Crippen MR) is 55.9 cm³/mol. The number of hydrogen-bond acceptors (Lipinski definition) is 3. The maximum atomic E-state index is 11.2. The average Bonchev–Trinajstić information content (AvgIpc) is 2.50. The lowest BCUT2D eigenvalue weighted by molar-refractivity contribution is -0.137. The number of halogens is 2. The van der Waals surface area contributed by atoms with Gasteiger partial charge in [-0.15, -0.1) is 0 Å². The second kappa shape index (κ2) is 5.00. The number of esters is 1. The van der Waals surface area contributed by atoms with Crippen molar-refractivity contribution < 1.29 is 14.3 Å². The zero-order valence-corrected chi connectivity index (χ0v) is 10.4. The Hall–Kier alpha value is -0.0300. The molecule has 1 fully saturated rings. The van der Waals surface area contributed by atoms with Crippen molar-refractivity contribution in [3.63, 3.8) is 0 Å². The molecule has 3 nitrogen and oxygen atoms in total. The van der Waals surface area contributed by atoms with Crippen LogP contribution in [0.15, 0.2) is 10.2 Å². The molecule has 1 aliphatic rings. The molecule has 0 radical (unpaired) electrons. The molecule has 13 heavy (non-hydrogen) atoms. The van der Waals surface area contributed by atoms with Gasteiger partial charge in [0.2, 0.25) is 0 Å². The summed E-state index contributed by atoms with van der Waals surface area (Å²) in [4.78, 5) is 11.4. The number of hydrogen-bond donors (Lipinski definition) is 0. The van der Waals surface area contributed by atoms with E-state index in [4.69, 9.17) is 9.47 Å². The first-order valence-corrected chi connectivity index (χ1v) is 5.71. The Bertz CT molecular complexity index is 238. The number of allylic oxidation sites excluding steroid dienone is 1. The third-order valence-electron chi connectivity index (χ3n) is 1.58. The monoisotopic (exact) mass is 312 g/mol. The highest BCUT2D eigenvalue weighted by molar-refractivity contribution is 9.12. The molecular weight excluding hydrogens is 304 g/mol. The van der Waals surface area contributed by atoms with Crippen LogP contribution in [0.5, 0.6) is 0 Å². The lowest BCUT2D eigenvalue weighted by Crippen LogP contribution is -2.08. The van der Waals surface area contributed by atoms with Crippen molar-refractivity contribution in [2.45, 2.75) is 18.2 Å². The molecule has 0 aromatic carbocycles. The second-order valence-corrected chi connectivity index (χ2v) is 4.40. The van der Waals surface area contributed by atoms with E-state index in [0.717, 1.165) is 6.42 Å². The highest BCUT2D eigenvalue weighted by atomic mass is 79.9. The van der Waals surface area contributed by atoms with Crippen LogP contribution in [0, 0.1) is 0 Å². The Morgan fingerprint density at radius 2 is 2.46 bits per heavy atom. The van der Waals surface area contributed by atoms with Gasteiger partial charge in [-0.05, 0) is 22.9 Å². The van der Waals surface area contributed by atoms with Gasteiger partial charge >= 0.3 is 5.97 Å². The standard InChI is InChI=1S/C8H10Br2O3/c1-2-12-8(11)6(10)7-5(9)3-4-13-7/h5H,2-4H2,1H3/b7-6-. The van der Waals surface area contributed by atoms with Gasteiger partial charge in [0.25, 0.3) is 0 Å². The maximum Gasteiger partial charge on any atom is 0.348 e. The number of rotatable bonds is 2. The predicted octanol–water partition coefficient (Wildman–Crippen LogP) is 2.34. The maximum absolute atomic E-state index is 11.2. The van der Waals surface area contributed by atoms with Crippen LogP contribution in [-0.2, 0) is 14.3 Å². The van der Waals surface area contributed by atoms with Gasteiger partial charge < -0.3 is 9.47 Å². The number of ether oxygens (including phenoxy) is 2. The molecule has 0 N–H and O–H groups in total. The number of alkyl halides is 1. The molecule has 1 unspecified atom stereocenters. The smallest absolute Gasteiger partial charge is 0.348 e. The minimum Gasteiger partial charge on any atom is -0.495 e. The molecule has 0 amide bonds. The van der Waals surface area contributed by atoms with Crippen LogP contribution < -0.4 is 0 Å². The highest BCUT2D eigenvalue weighted by Gasteiger charge is 2.26. The molecule has 1 aliphatic heterocycles. The Labute approximate surface area is 93.7 Å². The lowest BCUT2D eigenvalue weighted by Gasteiger charge is -2.06. The summed E-state index contributed by atoms with van der Waals surface area (Å²) in [6, 6.07) is 0. The molecule has 74 valence electrons. The van der Waals surface area contributed by atoms with E-state index in [0.29, 0.717) is 23.5 Å². The van der Waals surface area contributed by atoms with Crippen LogP contribution in [0.2, 0.25) is 0 Å². The third-order valence-corrected chi connectivity index (χ3v) is 3.17. The first kappa shape index (κ1) is 11.0. The summed E-state index contributed by atoms with van der Waals surface area (Å²) in [6.07, 6.45) is 0.879. The Balaban J connectivity index is 2.72. The summed E-state index contributed by atoms with van der Waals surface area (Å²) in [5.74, 6) is 0.266. The first-order chi connectivity index (χ1) is 6.16. The second-order valence-electron chi connectivity index (χ2n) is 2.50. The van der Waals surface area contributed by atoms with Crippen molar-refractivity contribution >= 4 is 37.8 Å². The topological polar surface area (TPSA) is 35.5 Å². The van der Waals surface area contributed by atoms with Gasteiger partial charge in [0, 0.05) is 6.42 Å².